The zero-order valence-corrected chi connectivity index (χ0v) is 44.7. The smallest absolute Gasteiger partial charge is 0.416 e. The van der Waals surface area contributed by atoms with Gasteiger partial charge in [0.05, 0.1) is 34.8 Å². The standard InChI is InChI=1S/C28H39ClF3N3O3.C27H35ClF3N3O3/c1-19-15-35(17-22-23(28(30,31)32)8-5-9-24(22)29)18-27(19,14-25(36)37)26(38)33-21-10-12-34(13-11-21)16-20-6-3-2-4-7-20;1-18-14-34(16-21-22(27(29,30)31)7-4-8-23(21)28)17-26(18,13-24(35)36)25(37)32-20-9-11-33(12-10-20)15-19-5-2-3-6-19/h5,8-9,19-21H,2-4,6-7,10-18H2,1H3,(H,33,38)(H,36,37);4-5,7-8,18,20H,2-3,6,9-17H2,1H3,(H,32,37)(H,35,36)/t19-,27+;18-,26+/m00/s1. The van der Waals surface area contributed by atoms with E-state index in [1.807, 2.05) is 6.92 Å². The van der Waals surface area contributed by atoms with Crippen LogP contribution in [-0.2, 0) is 44.6 Å². The maximum absolute atomic E-state index is 13.7. The zero-order valence-electron chi connectivity index (χ0n) is 43.2. The van der Waals surface area contributed by atoms with Crippen LogP contribution in [0.15, 0.2) is 48.0 Å². The highest BCUT2D eigenvalue weighted by molar-refractivity contribution is 6.31. The Hall–Kier alpha value is -3.94. The molecule has 416 valence electrons. The van der Waals surface area contributed by atoms with E-state index in [1.165, 1.54) is 68.4 Å². The number of amides is 2. The highest BCUT2D eigenvalue weighted by Gasteiger charge is 2.54. The number of alkyl halides is 6. The Balaban J connectivity index is 0.000000219. The lowest BCUT2D eigenvalue weighted by Crippen LogP contribution is -2.53. The highest BCUT2D eigenvalue weighted by atomic mass is 35.5. The van der Waals surface area contributed by atoms with E-state index in [2.05, 4.69) is 26.5 Å². The quantitative estimate of drug-likeness (QED) is 0.0947. The van der Waals surface area contributed by atoms with Crippen molar-refractivity contribution in [2.75, 3.05) is 65.4 Å². The Morgan fingerprint density at radius 2 is 1.05 bits per heavy atom. The first-order valence-corrected chi connectivity index (χ1v) is 27.5. The van der Waals surface area contributed by atoms with Crippen LogP contribution in [0, 0.1) is 28.6 Å². The van der Waals surface area contributed by atoms with Gasteiger partial charge < -0.3 is 25.7 Å². The number of nitrogens with one attached hydrogen (secondary N) is 2. The molecule has 75 heavy (non-hydrogen) atoms. The van der Waals surface area contributed by atoms with Crippen molar-refractivity contribution in [3.8, 4) is 0 Å². The first-order valence-electron chi connectivity index (χ1n) is 26.8. The van der Waals surface area contributed by atoms with Crippen molar-refractivity contribution in [1.82, 2.24) is 30.2 Å². The number of aliphatic carboxylic acids is 2. The summed E-state index contributed by atoms with van der Waals surface area (Å²) in [4.78, 5) is 59.3. The second kappa shape index (κ2) is 25.2. The summed E-state index contributed by atoms with van der Waals surface area (Å²) in [6.07, 6.45) is 5.71. The molecule has 2 aliphatic carbocycles. The number of hydrogen-bond acceptors (Lipinski definition) is 8. The van der Waals surface area contributed by atoms with Crippen LogP contribution in [0.4, 0.5) is 26.3 Å². The number of carbonyl (C=O) groups excluding carboxylic acids is 2. The molecule has 1 saturated carbocycles. The predicted octanol–water partition coefficient (Wildman–Crippen LogP) is 10.4. The number of nitrogens with zero attached hydrogens (tertiary/aromatic N) is 4. The molecule has 2 aromatic rings. The molecule has 4 N–H and O–H groups in total. The number of benzene rings is 2. The average Bonchev–Trinajstić information content (AvgIpc) is 4.06. The predicted molar refractivity (Wildman–Crippen MR) is 275 cm³/mol. The minimum absolute atomic E-state index is 0.00258. The SMILES string of the molecule is C[C@H]1CN(Cc2c(Cl)cccc2C(F)(F)F)C[C@@]1(CC(=O)O)C(=O)NC1CCN(CC2=CCCC2)CC1.C[C@H]1CN(Cc2c(Cl)cccc2C(F)(F)F)C[C@@]1(CC(=O)O)C(=O)NC1CCN(CC2CCCCC2)CC1. The Kier molecular flexibility index (Phi) is 19.8. The molecular weight excluding hydrogens is 1030 g/mol. The molecule has 0 spiro atoms. The normalized spacial score (nSPS) is 26.2. The topological polar surface area (TPSA) is 146 Å². The van der Waals surface area contributed by atoms with Gasteiger partial charge in [0, 0.05) is 101 Å². The lowest BCUT2D eigenvalue weighted by molar-refractivity contribution is -0.147. The number of allylic oxidation sites excluding steroid dienone is 1. The van der Waals surface area contributed by atoms with Crippen LogP contribution in [0.2, 0.25) is 10.0 Å². The van der Waals surface area contributed by atoms with Gasteiger partial charge in [-0.15, -0.1) is 0 Å². The molecule has 20 heteroatoms. The summed E-state index contributed by atoms with van der Waals surface area (Å²) < 4.78 is 81.7. The van der Waals surface area contributed by atoms with E-state index in [1.54, 1.807) is 16.7 Å². The Morgan fingerprint density at radius 3 is 1.45 bits per heavy atom. The molecule has 4 saturated heterocycles. The fourth-order valence-electron chi connectivity index (χ4n) is 12.8. The second-order valence-electron chi connectivity index (χ2n) is 22.5. The summed E-state index contributed by atoms with van der Waals surface area (Å²) in [6, 6.07) is 7.28. The number of halogens is 8. The van der Waals surface area contributed by atoms with E-state index in [4.69, 9.17) is 23.2 Å². The molecule has 2 amide bonds. The molecule has 5 fully saturated rings. The van der Waals surface area contributed by atoms with Crippen molar-refractivity contribution in [1.29, 1.82) is 0 Å². The van der Waals surface area contributed by atoms with Gasteiger partial charge >= 0.3 is 24.3 Å². The van der Waals surface area contributed by atoms with Gasteiger partial charge in [-0.1, -0.05) is 80.1 Å². The molecule has 4 aliphatic heterocycles. The van der Waals surface area contributed by atoms with E-state index in [-0.39, 0.29) is 95.9 Å². The van der Waals surface area contributed by atoms with E-state index in [0.29, 0.717) is 13.1 Å². The number of rotatable bonds is 16. The van der Waals surface area contributed by atoms with Crippen LogP contribution in [-0.4, -0.2) is 131 Å². The molecule has 0 radical (unpaired) electrons. The maximum atomic E-state index is 13.7. The van der Waals surface area contributed by atoms with Gasteiger partial charge in [0.2, 0.25) is 11.8 Å². The van der Waals surface area contributed by atoms with Crippen molar-refractivity contribution >= 4 is 47.0 Å². The number of piperidine rings is 2. The van der Waals surface area contributed by atoms with Gasteiger partial charge in [-0.3, -0.25) is 33.9 Å². The van der Waals surface area contributed by atoms with E-state index >= 15 is 0 Å². The summed E-state index contributed by atoms with van der Waals surface area (Å²) in [6.45, 7) is 9.75. The lowest BCUT2D eigenvalue weighted by atomic mass is 9.75. The summed E-state index contributed by atoms with van der Waals surface area (Å²) in [5, 5.41) is 25.6. The summed E-state index contributed by atoms with van der Waals surface area (Å²) >= 11 is 12.3. The number of likely N-dealkylation sites (tertiary alicyclic amines) is 4. The van der Waals surface area contributed by atoms with E-state index in [0.717, 1.165) is 95.8 Å². The molecule has 12 nitrogen and oxygen atoms in total. The summed E-state index contributed by atoms with van der Waals surface area (Å²) in [5.41, 5.74) is -2.69. The van der Waals surface area contributed by atoms with Gasteiger partial charge in [-0.05, 0) is 111 Å². The minimum atomic E-state index is -4.57. The fourth-order valence-corrected chi connectivity index (χ4v) is 13.3. The average molecular weight is 1100 g/mol. The maximum Gasteiger partial charge on any atom is 0.416 e. The Labute approximate surface area is 446 Å². The number of hydrogen-bond donors (Lipinski definition) is 4. The monoisotopic (exact) mass is 1100 g/mol. The minimum Gasteiger partial charge on any atom is -0.481 e. The lowest BCUT2D eigenvalue weighted by Gasteiger charge is -2.37. The third-order valence-corrected chi connectivity index (χ3v) is 17.8. The molecular formula is C55H74Cl2F6N6O6. The van der Waals surface area contributed by atoms with Crippen LogP contribution in [0.1, 0.15) is 126 Å². The zero-order chi connectivity index (χ0) is 54.3. The van der Waals surface area contributed by atoms with Gasteiger partial charge in [0.1, 0.15) is 0 Å². The third-order valence-electron chi connectivity index (χ3n) is 17.1. The molecule has 6 aliphatic rings. The molecule has 4 heterocycles. The van der Waals surface area contributed by atoms with Crippen LogP contribution in [0.25, 0.3) is 0 Å². The molecule has 8 rings (SSSR count). The Bertz CT molecular complexity index is 2350. The van der Waals surface area contributed by atoms with Crippen LogP contribution < -0.4 is 10.6 Å². The first-order chi connectivity index (χ1) is 35.5. The molecule has 0 unspecified atom stereocenters. The van der Waals surface area contributed by atoms with E-state index < -0.39 is 46.2 Å². The van der Waals surface area contributed by atoms with Crippen molar-refractivity contribution in [2.24, 2.45) is 28.6 Å². The molecule has 4 atom stereocenters. The van der Waals surface area contributed by atoms with Gasteiger partial charge in [-0.25, -0.2) is 0 Å². The number of carbonyl (C=O) groups is 4. The van der Waals surface area contributed by atoms with Crippen LogP contribution in [0.5, 0.6) is 0 Å². The van der Waals surface area contributed by atoms with Crippen molar-refractivity contribution in [3.05, 3.63) is 80.3 Å². The number of carboxylic acid groups (broad SMARTS) is 2. The second-order valence-corrected chi connectivity index (χ2v) is 23.3. The molecule has 0 bridgehead atoms. The molecule has 2 aromatic carbocycles. The van der Waals surface area contributed by atoms with Crippen molar-refractivity contribution in [3.63, 3.8) is 0 Å². The third kappa shape index (κ3) is 15.0. The fraction of sp³-hybridized carbons (Fsp3) is 0.673. The highest BCUT2D eigenvalue weighted by Crippen LogP contribution is 2.45. The first kappa shape index (κ1) is 58.7. The van der Waals surface area contributed by atoms with Crippen molar-refractivity contribution in [2.45, 2.75) is 141 Å². The van der Waals surface area contributed by atoms with Gasteiger partial charge in [0.25, 0.3) is 0 Å². The molecule has 0 aromatic heterocycles. The summed E-state index contributed by atoms with van der Waals surface area (Å²) in [5.74, 6) is -2.76. The largest absolute Gasteiger partial charge is 0.481 e. The Morgan fingerprint density at radius 1 is 0.613 bits per heavy atom. The van der Waals surface area contributed by atoms with Gasteiger partial charge in [-0.2, -0.15) is 26.3 Å². The van der Waals surface area contributed by atoms with Crippen LogP contribution in [0.3, 0.4) is 0 Å². The van der Waals surface area contributed by atoms with E-state index in [9.17, 15) is 55.7 Å². The number of carboxylic acids is 2. The summed E-state index contributed by atoms with van der Waals surface area (Å²) in [7, 11) is 0. The van der Waals surface area contributed by atoms with Crippen molar-refractivity contribution < 1.29 is 55.7 Å². The van der Waals surface area contributed by atoms with Gasteiger partial charge in [0.15, 0.2) is 0 Å². The van der Waals surface area contributed by atoms with Crippen LogP contribution >= 0.6 is 23.2 Å².